The quantitative estimate of drug-likeness (QED) is 0.630. The summed E-state index contributed by atoms with van der Waals surface area (Å²) in [6.45, 7) is 10.9. The van der Waals surface area contributed by atoms with E-state index in [4.69, 9.17) is 10.00 Å². The van der Waals surface area contributed by atoms with Crippen LogP contribution >= 0.6 is 0 Å². The molecule has 0 amide bonds. The molecule has 1 heterocycles. The molecule has 25 heavy (non-hydrogen) atoms. The molecule has 0 unspecified atom stereocenters. The van der Waals surface area contributed by atoms with Gasteiger partial charge in [0, 0.05) is 16.7 Å². The lowest BCUT2D eigenvalue weighted by atomic mass is 9.73. The lowest BCUT2D eigenvalue weighted by Gasteiger charge is -2.43. The first-order chi connectivity index (χ1) is 11.7. The van der Waals surface area contributed by atoms with Crippen LogP contribution in [0.15, 0.2) is 36.4 Å². The maximum Gasteiger partial charge on any atom is 0.126 e. The van der Waals surface area contributed by atoms with Crippen LogP contribution in [-0.4, -0.2) is 5.60 Å². The average Bonchev–Trinajstić information content (AvgIpc) is 2.53. The molecule has 126 valence electrons. The van der Waals surface area contributed by atoms with Gasteiger partial charge >= 0.3 is 0 Å². The van der Waals surface area contributed by atoms with Crippen molar-refractivity contribution in [2.75, 3.05) is 0 Å². The van der Waals surface area contributed by atoms with E-state index in [2.05, 4.69) is 64.7 Å². The van der Waals surface area contributed by atoms with Crippen LogP contribution in [0.25, 0.3) is 0 Å². The summed E-state index contributed by atoms with van der Waals surface area (Å²) in [4.78, 5) is 0. The van der Waals surface area contributed by atoms with E-state index in [1.807, 2.05) is 12.1 Å². The van der Waals surface area contributed by atoms with E-state index >= 15 is 0 Å². The molecule has 1 aliphatic rings. The van der Waals surface area contributed by atoms with E-state index in [9.17, 15) is 0 Å². The Labute approximate surface area is 150 Å². The number of rotatable bonds is 0. The average molecular weight is 329 g/mol. The molecule has 0 saturated heterocycles. The molecule has 0 bridgehead atoms. The van der Waals surface area contributed by atoms with Crippen LogP contribution in [0, 0.1) is 30.1 Å². The Hall–Kier alpha value is -2.71. The first-order valence-electron chi connectivity index (χ1n) is 8.57. The summed E-state index contributed by atoms with van der Waals surface area (Å²) in [6.07, 6.45) is 0.971. The third kappa shape index (κ3) is 3.54. The van der Waals surface area contributed by atoms with Gasteiger partial charge in [-0.05, 0) is 74.6 Å². The lowest BCUT2D eigenvalue weighted by molar-refractivity contribution is 0.0525. The van der Waals surface area contributed by atoms with Gasteiger partial charge in [-0.3, -0.25) is 0 Å². The van der Waals surface area contributed by atoms with Crippen LogP contribution in [0.1, 0.15) is 61.9 Å². The van der Waals surface area contributed by atoms with Crippen LogP contribution in [0.4, 0.5) is 0 Å². The third-order valence-corrected chi connectivity index (χ3v) is 4.61. The van der Waals surface area contributed by atoms with Gasteiger partial charge in [-0.25, -0.2) is 0 Å². The van der Waals surface area contributed by atoms with Crippen molar-refractivity contribution in [1.29, 1.82) is 5.26 Å². The first-order valence-corrected chi connectivity index (χ1v) is 8.57. The van der Waals surface area contributed by atoms with Crippen LogP contribution in [0.5, 0.6) is 5.75 Å². The molecule has 0 fully saturated rings. The number of hydrogen-bond acceptors (Lipinski definition) is 2. The second kappa shape index (κ2) is 5.98. The van der Waals surface area contributed by atoms with Crippen molar-refractivity contribution in [2.24, 2.45) is 0 Å². The monoisotopic (exact) mass is 329 g/mol. The van der Waals surface area contributed by atoms with Crippen LogP contribution in [0.2, 0.25) is 0 Å². The molecule has 2 aromatic carbocycles. The van der Waals surface area contributed by atoms with Crippen molar-refractivity contribution in [2.45, 2.75) is 52.1 Å². The largest absolute Gasteiger partial charge is 0.487 e. The Balaban J connectivity index is 2.00. The van der Waals surface area contributed by atoms with Crippen LogP contribution in [0.3, 0.4) is 0 Å². The highest BCUT2D eigenvalue weighted by Crippen LogP contribution is 2.46. The van der Waals surface area contributed by atoms with Crippen molar-refractivity contribution in [1.82, 2.24) is 0 Å². The van der Waals surface area contributed by atoms with E-state index in [-0.39, 0.29) is 11.0 Å². The molecule has 0 aliphatic carbocycles. The molecule has 3 rings (SSSR count). The number of nitriles is 1. The fraction of sp³-hybridized carbons (Fsp3) is 0.348. The second-order valence-corrected chi connectivity index (χ2v) is 8.03. The molecule has 0 saturated carbocycles. The summed E-state index contributed by atoms with van der Waals surface area (Å²) in [5, 5.41) is 8.87. The van der Waals surface area contributed by atoms with Crippen molar-refractivity contribution >= 4 is 0 Å². The van der Waals surface area contributed by atoms with Crippen molar-refractivity contribution in [3.63, 3.8) is 0 Å². The second-order valence-electron chi connectivity index (χ2n) is 8.03. The van der Waals surface area contributed by atoms with Gasteiger partial charge in [-0.15, -0.1) is 0 Å². The molecule has 2 aromatic rings. The molecule has 0 radical (unpaired) electrons. The van der Waals surface area contributed by atoms with Gasteiger partial charge in [-0.2, -0.15) is 5.26 Å². The number of hydrogen-bond donors (Lipinski definition) is 0. The lowest BCUT2D eigenvalue weighted by Crippen LogP contribution is -2.41. The highest BCUT2D eigenvalue weighted by atomic mass is 16.5. The summed E-state index contributed by atoms with van der Waals surface area (Å²) in [5.74, 6) is 7.45. The maximum atomic E-state index is 8.87. The minimum absolute atomic E-state index is 0.0496. The summed E-state index contributed by atoms with van der Waals surface area (Å²) in [7, 11) is 0. The molecule has 0 spiro atoms. The zero-order valence-electron chi connectivity index (χ0n) is 15.5. The Morgan fingerprint density at radius 2 is 1.52 bits per heavy atom. The Morgan fingerprint density at radius 1 is 0.920 bits per heavy atom. The minimum Gasteiger partial charge on any atom is -0.487 e. The number of aryl methyl sites for hydroxylation is 1. The standard InChI is InChI=1S/C23H23NO/c1-16-12-19(11-8-17-6-9-18(14-24)10-7-17)13-20-21(16)25-23(4,5)15-22(20,2)3/h6-7,9-10,12-13H,15H2,1-5H3. The zero-order valence-corrected chi connectivity index (χ0v) is 15.5. The molecule has 0 aromatic heterocycles. The van der Waals surface area contributed by atoms with Gasteiger partial charge in [0.05, 0.1) is 11.6 Å². The molecule has 1 aliphatic heterocycles. The van der Waals surface area contributed by atoms with Crippen LogP contribution < -0.4 is 4.74 Å². The minimum atomic E-state index is -0.156. The van der Waals surface area contributed by atoms with E-state index < -0.39 is 0 Å². The van der Waals surface area contributed by atoms with Crippen molar-refractivity contribution in [3.8, 4) is 23.7 Å². The van der Waals surface area contributed by atoms with Gasteiger partial charge in [-0.1, -0.05) is 25.7 Å². The van der Waals surface area contributed by atoms with Gasteiger partial charge in [0.15, 0.2) is 0 Å². The normalized spacial score (nSPS) is 16.6. The van der Waals surface area contributed by atoms with E-state index in [1.54, 1.807) is 12.1 Å². The fourth-order valence-electron chi connectivity index (χ4n) is 3.73. The third-order valence-electron chi connectivity index (χ3n) is 4.61. The predicted molar refractivity (Wildman–Crippen MR) is 101 cm³/mol. The van der Waals surface area contributed by atoms with E-state index in [0.717, 1.165) is 28.9 Å². The summed E-state index contributed by atoms with van der Waals surface area (Å²) < 4.78 is 6.25. The molecule has 0 N–H and O–H groups in total. The van der Waals surface area contributed by atoms with E-state index in [1.165, 1.54) is 5.56 Å². The SMILES string of the molecule is Cc1cc(C#Cc2ccc(C#N)cc2)cc2c1OC(C)(C)CC2(C)C. The summed E-state index contributed by atoms with van der Waals surface area (Å²) in [6, 6.07) is 13.7. The topological polar surface area (TPSA) is 33.0 Å². The Morgan fingerprint density at radius 3 is 2.16 bits per heavy atom. The Kier molecular flexibility index (Phi) is 4.09. The van der Waals surface area contributed by atoms with Gasteiger partial charge in [0.2, 0.25) is 0 Å². The van der Waals surface area contributed by atoms with Gasteiger partial charge < -0.3 is 4.74 Å². The number of ether oxygens (including phenoxy) is 1. The smallest absolute Gasteiger partial charge is 0.126 e. The molecular weight excluding hydrogens is 306 g/mol. The predicted octanol–water partition coefficient (Wildman–Crippen LogP) is 5.11. The van der Waals surface area contributed by atoms with E-state index in [0.29, 0.717) is 5.56 Å². The summed E-state index contributed by atoms with van der Waals surface area (Å²) in [5.41, 5.74) is 4.81. The fourth-order valence-corrected chi connectivity index (χ4v) is 3.73. The number of benzene rings is 2. The number of nitrogens with zero attached hydrogens (tertiary/aromatic N) is 1. The van der Waals surface area contributed by atoms with Gasteiger partial charge in [0.1, 0.15) is 11.4 Å². The highest BCUT2D eigenvalue weighted by molar-refractivity contribution is 5.55. The first kappa shape index (κ1) is 17.1. The Bertz CT molecular complexity index is 916. The van der Waals surface area contributed by atoms with Crippen molar-refractivity contribution < 1.29 is 4.74 Å². The number of fused-ring (bicyclic) bond motifs is 1. The highest BCUT2D eigenvalue weighted by Gasteiger charge is 2.39. The molecule has 0 atom stereocenters. The van der Waals surface area contributed by atoms with Crippen molar-refractivity contribution in [3.05, 3.63) is 64.2 Å². The summed E-state index contributed by atoms with van der Waals surface area (Å²) >= 11 is 0. The molecular formula is C23H23NO. The zero-order chi connectivity index (χ0) is 18.2. The molecule has 2 heteroatoms. The van der Waals surface area contributed by atoms with Gasteiger partial charge in [0.25, 0.3) is 0 Å². The molecule has 2 nitrogen and oxygen atoms in total. The maximum absolute atomic E-state index is 8.87. The van der Waals surface area contributed by atoms with Crippen LogP contribution in [-0.2, 0) is 5.41 Å².